The van der Waals surface area contributed by atoms with Crippen molar-refractivity contribution in [1.82, 2.24) is 0 Å². The second-order valence-corrected chi connectivity index (χ2v) is 2.91. The van der Waals surface area contributed by atoms with Gasteiger partial charge in [0.25, 0.3) is 0 Å². The zero-order valence-corrected chi connectivity index (χ0v) is 7.95. The Labute approximate surface area is 84.0 Å². The van der Waals surface area contributed by atoms with E-state index in [0.717, 1.165) is 16.9 Å². The van der Waals surface area contributed by atoms with Crippen LogP contribution in [-0.2, 0) is 0 Å². The Morgan fingerprint density at radius 1 is 1.00 bits per heavy atom. The number of hydrogen-bond donors (Lipinski definition) is 0. The largest absolute Gasteiger partial charge is 0.496 e. The maximum atomic E-state index is 5.11. The summed E-state index contributed by atoms with van der Waals surface area (Å²) in [6.07, 6.45) is 0. The molecule has 0 unspecified atom stereocenters. The van der Waals surface area contributed by atoms with Gasteiger partial charge in [-0.2, -0.15) is 0 Å². The number of rotatable bonds is 2. The van der Waals surface area contributed by atoms with Gasteiger partial charge < -0.3 is 4.74 Å². The van der Waals surface area contributed by atoms with Crippen LogP contribution in [0.15, 0.2) is 42.5 Å². The van der Waals surface area contributed by atoms with Gasteiger partial charge in [0.2, 0.25) is 0 Å². The van der Waals surface area contributed by atoms with Gasteiger partial charge in [-0.3, -0.25) is 0 Å². The van der Waals surface area contributed by atoms with Crippen LogP contribution in [0.4, 0.5) is 0 Å². The van der Waals surface area contributed by atoms with Crippen molar-refractivity contribution >= 4 is 0 Å². The first-order chi connectivity index (χ1) is 6.90. The highest BCUT2D eigenvalue weighted by Gasteiger charge is 1.98. The van der Waals surface area contributed by atoms with Crippen molar-refractivity contribution in [3.8, 4) is 16.9 Å². The molecule has 68 valence electrons. The summed E-state index contributed by atoms with van der Waals surface area (Å²) in [6, 6.07) is 20.0. The van der Waals surface area contributed by atoms with E-state index in [-0.39, 0.29) is 0 Å². The molecule has 0 bridgehead atoms. The Bertz CT molecular complexity index is 407. The highest BCUT2D eigenvalue weighted by atomic mass is 16.5. The Hall–Kier alpha value is -1.76. The van der Waals surface area contributed by atoms with Gasteiger partial charge in [-0.15, -0.1) is 0 Å². The van der Waals surface area contributed by atoms with Crippen molar-refractivity contribution in [1.29, 1.82) is 0 Å². The molecule has 1 heteroatoms. The molecule has 2 rings (SSSR count). The van der Waals surface area contributed by atoms with Crippen molar-refractivity contribution < 1.29 is 4.74 Å². The number of ether oxygens (including phenoxy) is 1. The van der Waals surface area contributed by atoms with Crippen LogP contribution in [-0.4, -0.2) is 7.11 Å². The predicted molar refractivity (Wildman–Crippen MR) is 56.1 cm³/mol. The molecule has 0 aliphatic heterocycles. The summed E-state index contributed by atoms with van der Waals surface area (Å²) >= 11 is 0. The first kappa shape index (κ1) is 8.82. The van der Waals surface area contributed by atoms with Crippen LogP contribution in [0.2, 0.25) is 0 Å². The molecule has 0 atom stereocenters. The Morgan fingerprint density at radius 3 is 2.57 bits per heavy atom. The quantitative estimate of drug-likeness (QED) is 0.693. The lowest BCUT2D eigenvalue weighted by Gasteiger charge is -2.02. The molecule has 0 spiro atoms. The molecule has 0 saturated carbocycles. The van der Waals surface area contributed by atoms with Gasteiger partial charge >= 0.3 is 0 Å². The van der Waals surface area contributed by atoms with Crippen molar-refractivity contribution in [3.05, 3.63) is 54.6 Å². The van der Waals surface area contributed by atoms with E-state index < -0.39 is 0 Å². The van der Waals surface area contributed by atoms with Gasteiger partial charge in [-0.25, -0.2) is 0 Å². The van der Waals surface area contributed by atoms with E-state index in [0.29, 0.717) is 0 Å². The monoisotopic (exact) mass is 182 g/mol. The van der Waals surface area contributed by atoms with E-state index in [1.807, 2.05) is 42.5 Å². The molecule has 0 heterocycles. The maximum absolute atomic E-state index is 5.11. The maximum Gasteiger partial charge on any atom is 0.127 e. The number of methoxy groups -OCH3 is 1. The van der Waals surface area contributed by atoms with Gasteiger partial charge in [0.15, 0.2) is 0 Å². The van der Waals surface area contributed by atoms with Gasteiger partial charge in [-0.1, -0.05) is 36.4 Å². The minimum absolute atomic E-state index is 0.750. The molecule has 0 fully saturated rings. The lowest BCUT2D eigenvalue weighted by Crippen LogP contribution is -1.84. The van der Waals surface area contributed by atoms with Gasteiger partial charge in [0, 0.05) is 6.07 Å². The molecule has 2 aromatic rings. The minimum atomic E-state index is 0.750. The SMILES string of the molecule is COc1[c]c(-c2[c]cccc2)ccc1. The molecule has 0 N–H and O–H groups in total. The van der Waals surface area contributed by atoms with Crippen LogP contribution < -0.4 is 4.74 Å². The fourth-order valence-electron chi connectivity index (χ4n) is 1.28. The van der Waals surface area contributed by atoms with Crippen molar-refractivity contribution in [3.63, 3.8) is 0 Å². The normalized spacial score (nSPS) is 9.79. The molecule has 14 heavy (non-hydrogen) atoms. The highest BCUT2D eigenvalue weighted by Crippen LogP contribution is 2.21. The summed E-state index contributed by atoms with van der Waals surface area (Å²) in [7, 11) is 1.64. The second kappa shape index (κ2) is 3.97. The molecular weight excluding hydrogens is 172 g/mol. The first-order valence-electron chi connectivity index (χ1n) is 4.43. The van der Waals surface area contributed by atoms with Crippen molar-refractivity contribution in [2.24, 2.45) is 0 Å². The molecule has 0 aliphatic carbocycles. The van der Waals surface area contributed by atoms with E-state index >= 15 is 0 Å². The van der Waals surface area contributed by atoms with Crippen LogP contribution in [0.3, 0.4) is 0 Å². The van der Waals surface area contributed by atoms with E-state index in [4.69, 9.17) is 4.74 Å². The third-order valence-electron chi connectivity index (χ3n) is 1.99. The van der Waals surface area contributed by atoms with Crippen LogP contribution >= 0.6 is 0 Å². The molecule has 0 saturated heterocycles. The summed E-state index contributed by atoms with van der Waals surface area (Å²) < 4.78 is 5.11. The Morgan fingerprint density at radius 2 is 1.86 bits per heavy atom. The van der Waals surface area contributed by atoms with E-state index in [9.17, 15) is 0 Å². The smallest absolute Gasteiger partial charge is 0.127 e. The van der Waals surface area contributed by atoms with E-state index in [2.05, 4.69) is 12.1 Å². The zero-order valence-electron chi connectivity index (χ0n) is 7.95. The van der Waals surface area contributed by atoms with Gasteiger partial charge in [0.05, 0.1) is 7.11 Å². The van der Waals surface area contributed by atoms with Crippen molar-refractivity contribution in [2.45, 2.75) is 0 Å². The molecule has 0 aromatic heterocycles. The lowest BCUT2D eigenvalue weighted by atomic mass is 10.1. The topological polar surface area (TPSA) is 9.23 Å². The fraction of sp³-hybridized carbons (Fsp3) is 0.0769. The van der Waals surface area contributed by atoms with E-state index in [1.165, 1.54) is 0 Å². The minimum Gasteiger partial charge on any atom is -0.496 e. The molecule has 0 amide bonds. The average molecular weight is 182 g/mol. The van der Waals surface area contributed by atoms with E-state index in [1.54, 1.807) is 7.11 Å². The Balaban J connectivity index is 2.42. The van der Waals surface area contributed by atoms with Crippen LogP contribution in [0.1, 0.15) is 0 Å². The zero-order chi connectivity index (χ0) is 9.80. The number of benzene rings is 2. The van der Waals surface area contributed by atoms with Gasteiger partial charge in [0.1, 0.15) is 5.75 Å². The summed E-state index contributed by atoms with van der Waals surface area (Å²) in [5.41, 5.74) is 2.04. The second-order valence-electron chi connectivity index (χ2n) is 2.91. The summed E-state index contributed by atoms with van der Waals surface area (Å²) in [4.78, 5) is 0. The summed E-state index contributed by atoms with van der Waals surface area (Å²) in [5.74, 6) is 0.750. The standard InChI is InChI=1S/C13H10O/c1-14-13-9-5-8-12(10-13)11-6-3-2-4-7-11/h2-6,8-9H,1H3. The molecular formula is C13H10O. The van der Waals surface area contributed by atoms with Crippen LogP contribution in [0.5, 0.6) is 5.75 Å². The third kappa shape index (κ3) is 1.77. The van der Waals surface area contributed by atoms with Crippen LogP contribution in [0, 0.1) is 12.1 Å². The third-order valence-corrected chi connectivity index (χ3v) is 1.99. The lowest BCUT2D eigenvalue weighted by molar-refractivity contribution is 0.414. The van der Waals surface area contributed by atoms with Gasteiger partial charge in [-0.05, 0) is 23.3 Å². The fourth-order valence-corrected chi connectivity index (χ4v) is 1.28. The summed E-state index contributed by atoms with van der Waals surface area (Å²) in [6.45, 7) is 0. The molecule has 1 nitrogen and oxygen atoms in total. The highest BCUT2D eigenvalue weighted by molar-refractivity contribution is 5.63. The van der Waals surface area contributed by atoms with Crippen molar-refractivity contribution in [2.75, 3.05) is 7.11 Å². The first-order valence-corrected chi connectivity index (χ1v) is 4.43. The summed E-state index contributed by atoms with van der Waals surface area (Å²) in [5, 5.41) is 0. The molecule has 2 radical (unpaired) electrons. The molecule has 0 aliphatic rings. The Kier molecular flexibility index (Phi) is 2.50. The number of hydrogen-bond acceptors (Lipinski definition) is 1. The predicted octanol–water partition coefficient (Wildman–Crippen LogP) is 2.96. The molecule has 2 aromatic carbocycles. The average Bonchev–Trinajstić information content (AvgIpc) is 2.30. The van der Waals surface area contributed by atoms with Crippen LogP contribution in [0.25, 0.3) is 11.1 Å².